The molecule has 0 saturated heterocycles. The van der Waals surface area contributed by atoms with Crippen molar-refractivity contribution >= 4 is 0 Å². The van der Waals surface area contributed by atoms with Crippen molar-refractivity contribution in [3.8, 4) is 0 Å². The van der Waals surface area contributed by atoms with Crippen LogP contribution in [0.1, 0.15) is 20.8 Å². The molecule has 0 bridgehead atoms. The average molecular weight is 308 g/mol. The van der Waals surface area contributed by atoms with Crippen LogP contribution in [0.5, 0.6) is 0 Å². The van der Waals surface area contributed by atoms with Crippen molar-refractivity contribution in [3.63, 3.8) is 0 Å². The summed E-state index contributed by atoms with van der Waals surface area (Å²) in [7, 11) is 0. The zero-order chi connectivity index (χ0) is 15.6. The van der Waals surface area contributed by atoms with Crippen LogP contribution in [-0.2, 0) is 28.4 Å². The van der Waals surface area contributed by atoms with Gasteiger partial charge in [0.2, 0.25) is 0 Å². The highest BCUT2D eigenvalue weighted by atomic mass is 16.6. The minimum Gasteiger partial charge on any atom is -0.379 e. The molecule has 0 atom stereocenters. The van der Waals surface area contributed by atoms with Crippen molar-refractivity contribution in [2.24, 2.45) is 0 Å². The molecule has 0 unspecified atom stereocenters. The second kappa shape index (κ2) is 17.8. The van der Waals surface area contributed by atoms with Gasteiger partial charge in [-0.3, -0.25) is 0 Å². The molecule has 128 valence electrons. The normalized spacial score (nSPS) is 11.4. The molecule has 0 spiro atoms. The van der Waals surface area contributed by atoms with Crippen LogP contribution in [0.25, 0.3) is 0 Å². The molecule has 0 N–H and O–H groups in total. The third-order valence-corrected chi connectivity index (χ3v) is 2.55. The Morgan fingerprint density at radius 3 is 1.33 bits per heavy atom. The lowest BCUT2D eigenvalue weighted by molar-refractivity contribution is -0.0821. The van der Waals surface area contributed by atoms with E-state index in [0.29, 0.717) is 72.7 Å². The Hall–Kier alpha value is -0.240. The molecule has 0 fully saturated rings. The lowest BCUT2D eigenvalue weighted by Gasteiger charge is -2.18. The Bertz CT molecular complexity index is 177. The van der Waals surface area contributed by atoms with Gasteiger partial charge >= 0.3 is 0 Å². The highest BCUT2D eigenvalue weighted by molar-refractivity contribution is 4.56. The minimum atomic E-state index is -0.0892. The standard InChI is InChI=1S/C15H32O6/c1-4-16-7-9-19-13-15(21-12-11-18-6-3)14-20-10-8-17-5-2/h15H,4-14H2,1-3H3. The first kappa shape index (κ1) is 20.8. The van der Waals surface area contributed by atoms with E-state index in [-0.39, 0.29) is 6.10 Å². The highest BCUT2D eigenvalue weighted by Gasteiger charge is 2.10. The number of hydrogen-bond donors (Lipinski definition) is 0. The van der Waals surface area contributed by atoms with E-state index in [1.165, 1.54) is 0 Å². The predicted molar refractivity (Wildman–Crippen MR) is 80.9 cm³/mol. The lowest BCUT2D eigenvalue weighted by Crippen LogP contribution is -2.28. The maximum Gasteiger partial charge on any atom is 0.104 e. The van der Waals surface area contributed by atoms with Gasteiger partial charge in [-0.25, -0.2) is 0 Å². The first-order chi connectivity index (χ1) is 10.3. The molecule has 6 nitrogen and oxygen atoms in total. The molecule has 0 aliphatic heterocycles. The van der Waals surface area contributed by atoms with Crippen molar-refractivity contribution < 1.29 is 28.4 Å². The molecule has 0 aromatic heterocycles. The number of hydrogen-bond acceptors (Lipinski definition) is 6. The monoisotopic (exact) mass is 308 g/mol. The molecular formula is C15H32O6. The molecule has 0 aromatic rings. The van der Waals surface area contributed by atoms with E-state index in [1.807, 2.05) is 20.8 Å². The zero-order valence-corrected chi connectivity index (χ0v) is 13.8. The van der Waals surface area contributed by atoms with E-state index in [0.717, 1.165) is 0 Å². The van der Waals surface area contributed by atoms with Gasteiger partial charge in [-0.15, -0.1) is 0 Å². The molecule has 0 aliphatic carbocycles. The van der Waals surface area contributed by atoms with Crippen molar-refractivity contribution in [1.82, 2.24) is 0 Å². The molecule has 0 rings (SSSR count). The topological polar surface area (TPSA) is 55.4 Å². The molecule has 0 saturated carbocycles. The van der Waals surface area contributed by atoms with Gasteiger partial charge in [0.15, 0.2) is 0 Å². The van der Waals surface area contributed by atoms with E-state index in [2.05, 4.69) is 0 Å². The van der Waals surface area contributed by atoms with E-state index < -0.39 is 0 Å². The van der Waals surface area contributed by atoms with Gasteiger partial charge in [-0.2, -0.15) is 0 Å². The van der Waals surface area contributed by atoms with Gasteiger partial charge in [0.05, 0.1) is 52.9 Å². The molecule has 0 radical (unpaired) electrons. The highest BCUT2D eigenvalue weighted by Crippen LogP contribution is 1.97. The van der Waals surface area contributed by atoms with Gasteiger partial charge < -0.3 is 28.4 Å². The molecule has 0 amide bonds. The third-order valence-electron chi connectivity index (χ3n) is 2.55. The summed E-state index contributed by atoms with van der Waals surface area (Å²) in [6, 6.07) is 0. The first-order valence-electron chi connectivity index (χ1n) is 7.85. The largest absolute Gasteiger partial charge is 0.379 e. The Labute approximate surface area is 129 Å². The van der Waals surface area contributed by atoms with Crippen LogP contribution in [-0.4, -0.2) is 78.8 Å². The second-order valence-electron chi connectivity index (χ2n) is 4.23. The van der Waals surface area contributed by atoms with E-state index in [1.54, 1.807) is 0 Å². The van der Waals surface area contributed by atoms with Crippen LogP contribution in [0.15, 0.2) is 0 Å². The Morgan fingerprint density at radius 1 is 0.524 bits per heavy atom. The summed E-state index contributed by atoms with van der Waals surface area (Å²) in [6.07, 6.45) is -0.0892. The van der Waals surface area contributed by atoms with Gasteiger partial charge in [0, 0.05) is 19.8 Å². The molecule has 6 heteroatoms. The number of rotatable bonds is 17. The van der Waals surface area contributed by atoms with Crippen LogP contribution >= 0.6 is 0 Å². The summed E-state index contributed by atoms with van der Waals surface area (Å²) >= 11 is 0. The van der Waals surface area contributed by atoms with Crippen LogP contribution in [0, 0.1) is 0 Å². The summed E-state index contributed by atoms with van der Waals surface area (Å²) in [4.78, 5) is 0. The summed E-state index contributed by atoms with van der Waals surface area (Å²) in [5, 5.41) is 0. The van der Waals surface area contributed by atoms with Crippen molar-refractivity contribution in [2.45, 2.75) is 26.9 Å². The maximum absolute atomic E-state index is 5.70. The Balaban J connectivity index is 3.69. The van der Waals surface area contributed by atoms with Crippen molar-refractivity contribution in [3.05, 3.63) is 0 Å². The van der Waals surface area contributed by atoms with Gasteiger partial charge in [0.1, 0.15) is 6.10 Å². The summed E-state index contributed by atoms with van der Waals surface area (Å²) in [5.74, 6) is 0. The maximum atomic E-state index is 5.70. The van der Waals surface area contributed by atoms with Crippen molar-refractivity contribution in [2.75, 3.05) is 72.7 Å². The molecular weight excluding hydrogens is 276 g/mol. The van der Waals surface area contributed by atoms with Gasteiger partial charge in [-0.05, 0) is 20.8 Å². The van der Waals surface area contributed by atoms with Gasteiger partial charge in [0.25, 0.3) is 0 Å². The molecule has 21 heavy (non-hydrogen) atoms. The fourth-order valence-electron chi connectivity index (χ4n) is 1.52. The smallest absolute Gasteiger partial charge is 0.104 e. The van der Waals surface area contributed by atoms with E-state index >= 15 is 0 Å². The minimum absolute atomic E-state index is 0.0892. The molecule has 0 heterocycles. The Morgan fingerprint density at radius 2 is 0.905 bits per heavy atom. The second-order valence-corrected chi connectivity index (χ2v) is 4.23. The number of ether oxygens (including phenoxy) is 6. The third kappa shape index (κ3) is 16.0. The van der Waals surface area contributed by atoms with Crippen molar-refractivity contribution in [1.29, 1.82) is 0 Å². The van der Waals surface area contributed by atoms with E-state index in [9.17, 15) is 0 Å². The van der Waals surface area contributed by atoms with Gasteiger partial charge in [-0.1, -0.05) is 0 Å². The van der Waals surface area contributed by atoms with Crippen LogP contribution in [0.2, 0.25) is 0 Å². The SMILES string of the molecule is CCOCCOCC(COCCOCC)OCCOCC. The fraction of sp³-hybridized carbons (Fsp3) is 1.00. The summed E-state index contributed by atoms with van der Waals surface area (Å²) in [6.45, 7) is 12.5. The quantitative estimate of drug-likeness (QED) is 0.380. The molecule has 0 aliphatic rings. The average Bonchev–Trinajstić information content (AvgIpc) is 2.50. The summed E-state index contributed by atoms with van der Waals surface area (Å²) in [5.41, 5.74) is 0. The van der Waals surface area contributed by atoms with Crippen LogP contribution in [0.4, 0.5) is 0 Å². The first-order valence-corrected chi connectivity index (χ1v) is 7.85. The zero-order valence-electron chi connectivity index (χ0n) is 13.8. The van der Waals surface area contributed by atoms with Crippen LogP contribution in [0.3, 0.4) is 0 Å². The molecule has 0 aromatic carbocycles. The Kier molecular flexibility index (Phi) is 17.6. The van der Waals surface area contributed by atoms with E-state index in [4.69, 9.17) is 28.4 Å². The predicted octanol–water partition coefficient (Wildman–Crippen LogP) is 1.51. The van der Waals surface area contributed by atoms with Crippen LogP contribution < -0.4 is 0 Å². The summed E-state index contributed by atoms with van der Waals surface area (Å²) < 4.78 is 32.5. The fourth-order valence-corrected chi connectivity index (χ4v) is 1.52. The lowest BCUT2D eigenvalue weighted by atomic mass is 10.4.